The lowest BCUT2D eigenvalue weighted by Gasteiger charge is -2.22. The standard InChI is InChI=1S/C13H18O2/c1-9-4-7-12(15-10-5-6-10)11(8-9)13(2,3)14/h4,7-8,10,14H,5-6H2,1-3H3. The first-order valence-corrected chi connectivity index (χ1v) is 5.47. The van der Waals surface area contributed by atoms with Crippen molar-refractivity contribution in [3.05, 3.63) is 29.3 Å². The number of rotatable bonds is 3. The third-order valence-electron chi connectivity index (χ3n) is 2.61. The van der Waals surface area contributed by atoms with Gasteiger partial charge in [0.05, 0.1) is 11.7 Å². The van der Waals surface area contributed by atoms with Crippen LogP contribution >= 0.6 is 0 Å². The van der Waals surface area contributed by atoms with Crippen LogP contribution in [-0.4, -0.2) is 11.2 Å². The fourth-order valence-electron chi connectivity index (χ4n) is 1.59. The van der Waals surface area contributed by atoms with Crippen molar-refractivity contribution in [3.8, 4) is 5.75 Å². The lowest BCUT2D eigenvalue weighted by atomic mass is 9.96. The van der Waals surface area contributed by atoms with Gasteiger partial charge in [-0.1, -0.05) is 11.6 Å². The third kappa shape index (κ3) is 2.51. The Morgan fingerprint density at radius 1 is 1.33 bits per heavy atom. The number of hydrogen-bond acceptors (Lipinski definition) is 2. The van der Waals surface area contributed by atoms with Crippen LogP contribution in [0.4, 0.5) is 0 Å². The van der Waals surface area contributed by atoms with Crippen molar-refractivity contribution < 1.29 is 9.84 Å². The molecule has 2 rings (SSSR count). The second-order valence-electron chi connectivity index (χ2n) is 4.88. The van der Waals surface area contributed by atoms with Gasteiger partial charge in [0.1, 0.15) is 5.75 Å². The summed E-state index contributed by atoms with van der Waals surface area (Å²) in [5, 5.41) is 10.0. The molecule has 1 aromatic carbocycles. The Morgan fingerprint density at radius 3 is 2.53 bits per heavy atom. The Bertz CT molecular complexity index is 359. The molecule has 0 heterocycles. The lowest BCUT2D eigenvalue weighted by Crippen LogP contribution is -2.17. The molecule has 0 saturated heterocycles. The van der Waals surface area contributed by atoms with Gasteiger partial charge in [-0.05, 0) is 45.7 Å². The lowest BCUT2D eigenvalue weighted by molar-refractivity contribution is 0.0743. The zero-order chi connectivity index (χ0) is 11.1. The van der Waals surface area contributed by atoms with E-state index in [4.69, 9.17) is 4.74 Å². The number of ether oxygens (including phenoxy) is 1. The summed E-state index contributed by atoms with van der Waals surface area (Å²) in [7, 11) is 0. The molecule has 1 aromatic rings. The summed E-state index contributed by atoms with van der Waals surface area (Å²) in [6.07, 6.45) is 2.65. The first kappa shape index (κ1) is 10.5. The number of benzene rings is 1. The van der Waals surface area contributed by atoms with E-state index in [-0.39, 0.29) is 0 Å². The molecular formula is C13H18O2. The minimum atomic E-state index is -0.837. The minimum absolute atomic E-state index is 0.369. The quantitative estimate of drug-likeness (QED) is 0.824. The number of aliphatic hydroxyl groups is 1. The molecule has 2 nitrogen and oxygen atoms in total. The average Bonchev–Trinajstić information content (AvgIpc) is 2.90. The second kappa shape index (κ2) is 3.53. The van der Waals surface area contributed by atoms with Gasteiger partial charge in [-0.2, -0.15) is 0 Å². The maximum Gasteiger partial charge on any atom is 0.125 e. The summed E-state index contributed by atoms with van der Waals surface area (Å²) in [6.45, 7) is 5.61. The van der Waals surface area contributed by atoms with E-state index < -0.39 is 5.60 Å². The molecule has 1 aliphatic rings. The summed E-state index contributed by atoms with van der Waals surface area (Å²) in [5.41, 5.74) is 1.20. The van der Waals surface area contributed by atoms with Crippen LogP contribution in [0, 0.1) is 6.92 Å². The monoisotopic (exact) mass is 206 g/mol. The van der Waals surface area contributed by atoms with Crippen LogP contribution in [0.25, 0.3) is 0 Å². The number of aryl methyl sites for hydroxylation is 1. The van der Waals surface area contributed by atoms with Gasteiger partial charge in [0, 0.05) is 5.56 Å². The highest BCUT2D eigenvalue weighted by Crippen LogP contribution is 2.34. The van der Waals surface area contributed by atoms with Gasteiger partial charge in [0.2, 0.25) is 0 Å². The zero-order valence-corrected chi connectivity index (χ0v) is 9.58. The Balaban J connectivity index is 2.34. The van der Waals surface area contributed by atoms with Crippen LogP contribution in [0.3, 0.4) is 0 Å². The van der Waals surface area contributed by atoms with Crippen molar-refractivity contribution in [2.24, 2.45) is 0 Å². The molecule has 0 bridgehead atoms. The van der Waals surface area contributed by atoms with Crippen LogP contribution in [-0.2, 0) is 5.60 Å². The van der Waals surface area contributed by atoms with Crippen molar-refractivity contribution in [3.63, 3.8) is 0 Å². The normalized spacial score (nSPS) is 16.5. The topological polar surface area (TPSA) is 29.5 Å². The van der Waals surface area contributed by atoms with Crippen LogP contribution < -0.4 is 4.74 Å². The van der Waals surface area contributed by atoms with E-state index in [1.54, 1.807) is 13.8 Å². The Labute approximate surface area is 90.9 Å². The first-order valence-electron chi connectivity index (χ1n) is 5.47. The molecule has 0 aliphatic heterocycles. The van der Waals surface area contributed by atoms with E-state index in [2.05, 4.69) is 0 Å². The van der Waals surface area contributed by atoms with Crippen LogP contribution in [0.1, 0.15) is 37.8 Å². The minimum Gasteiger partial charge on any atom is -0.490 e. The summed E-state index contributed by atoms with van der Waals surface area (Å²) in [6, 6.07) is 5.98. The van der Waals surface area contributed by atoms with E-state index in [1.807, 2.05) is 25.1 Å². The fraction of sp³-hybridized carbons (Fsp3) is 0.538. The van der Waals surface area contributed by atoms with Gasteiger partial charge >= 0.3 is 0 Å². The molecule has 15 heavy (non-hydrogen) atoms. The van der Waals surface area contributed by atoms with Crippen molar-refractivity contribution in [1.82, 2.24) is 0 Å². The van der Waals surface area contributed by atoms with Gasteiger partial charge in [0.25, 0.3) is 0 Å². The summed E-state index contributed by atoms with van der Waals surface area (Å²) >= 11 is 0. The molecule has 0 aromatic heterocycles. The molecule has 0 radical (unpaired) electrons. The van der Waals surface area contributed by atoms with Crippen molar-refractivity contribution >= 4 is 0 Å². The second-order valence-corrected chi connectivity index (χ2v) is 4.88. The van der Waals surface area contributed by atoms with Crippen molar-refractivity contribution in [1.29, 1.82) is 0 Å². The molecule has 0 atom stereocenters. The van der Waals surface area contributed by atoms with Crippen LogP contribution in [0.5, 0.6) is 5.75 Å². The van der Waals surface area contributed by atoms with E-state index in [0.717, 1.165) is 29.7 Å². The molecular weight excluding hydrogens is 188 g/mol. The molecule has 1 N–H and O–H groups in total. The first-order chi connectivity index (χ1) is 6.97. The predicted molar refractivity (Wildman–Crippen MR) is 60.1 cm³/mol. The smallest absolute Gasteiger partial charge is 0.125 e. The van der Waals surface area contributed by atoms with Crippen molar-refractivity contribution in [2.75, 3.05) is 0 Å². The number of hydrogen-bond donors (Lipinski definition) is 1. The van der Waals surface area contributed by atoms with E-state index in [0.29, 0.717) is 6.10 Å². The highest BCUT2D eigenvalue weighted by atomic mass is 16.5. The van der Waals surface area contributed by atoms with E-state index >= 15 is 0 Å². The highest BCUT2D eigenvalue weighted by molar-refractivity contribution is 5.40. The Morgan fingerprint density at radius 2 is 2.00 bits per heavy atom. The third-order valence-corrected chi connectivity index (χ3v) is 2.61. The molecule has 82 valence electrons. The van der Waals surface area contributed by atoms with Gasteiger partial charge in [-0.15, -0.1) is 0 Å². The molecule has 2 heteroatoms. The zero-order valence-electron chi connectivity index (χ0n) is 9.58. The molecule has 0 spiro atoms. The van der Waals surface area contributed by atoms with Crippen molar-refractivity contribution in [2.45, 2.75) is 45.3 Å². The summed E-state index contributed by atoms with van der Waals surface area (Å²) in [4.78, 5) is 0. The molecule has 0 amide bonds. The molecule has 1 fully saturated rings. The Hall–Kier alpha value is -1.02. The average molecular weight is 206 g/mol. The SMILES string of the molecule is Cc1ccc(OC2CC2)c(C(C)(C)O)c1. The van der Waals surface area contributed by atoms with Gasteiger partial charge in [-0.3, -0.25) is 0 Å². The Kier molecular flexibility index (Phi) is 2.47. The van der Waals surface area contributed by atoms with Gasteiger partial charge in [0.15, 0.2) is 0 Å². The molecule has 1 saturated carbocycles. The maximum absolute atomic E-state index is 10.0. The summed E-state index contributed by atoms with van der Waals surface area (Å²) < 4.78 is 5.78. The van der Waals surface area contributed by atoms with Gasteiger partial charge < -0.3 is 9.84 Å². The van der Waals surface area contributed by atoms with E-state index in [9.17, 15) is 5.11 Å². The molecule has 1 aliphatic carbocycles. The largest absolute Gasteiger partial charge is 0.490 e. The maximum atomic E-state index is 10.0. The fourth-order valence-corrected chi connectivity index (χ4v) is 1.59. The predicted octanol–water partition coefficient (Wildman–Crippen LogP) is 2.76. The molecule has 0 unspecified atom stereocenters. The summed E-state index contributed by atoms with van der Waals surface area (Å²) in [5.74, 6) is 0.829. The van der Waals surface area contributed by atoms with Crippen LogP contribution in [0.15, 0.2) is 18.2 Å². The van der Waals surface area contributed by atoms with E-state index in [1.165, 1.54) is 0 Å². The van der Waals surface area contributed by atoms with Crippen LogP contribution in [0.2, 0.25) is 0 Å². The van der Waals surface area contributed by atoms with Gasteiger partial charge in [-0.25, -0.2) is 0 Å². The highest BCUT2D eigenvalue weighted by Gasteiger charge is 2.27.